The van der Waals surface area contributed by atoms with Crippen molar-refractivity contribution in [3.8, 4) is 17.5 Å². The van der Waals surface area contributed by atoms with E-state index in [4.69, 9.17) is 14.6 Å². The molecule has 0 spiro atoms. The molecule has 0 fully saturated rings. The Morgan fingerprint density at radius 2 is 2.00 bits per heavy atom. The van der Waals surface area contributed by atoms with Crippen LogP contribution in [0, 0.1) is 0 Å². The summed E-state index contributed by atoms with van der Waals surface area (Å²) >= 11 is 0. The number of carbonyl (C=O) groups is 1. The molecule has 0 aliphatic carbocycles. The molecule has 92 valence electrons. The fourth-order valence-electron chi connectivity index (χ4n) is 1.33. The van der Waals surface area contributed by atoms with Crippen LogP contribution in [0.2, 0.25) is 0 Å². The molecular weight excluding hydrogens is 236 g/mol. The van der Waals surface area contributed by atoms with E-state index in [2.05, 4.69) is 9.97 Å². The van der Waals surface area contributed by atoms with E-state index < -0.39 is 5.97 Å². The van der Waals surface area contributed by atoms with Crippen molar-refractivity contribution in [1.29, 1.82) is 0 Å². The molecule has 6 heteroatoms. The number of benzene rings is 1. The second-order valence-corrected chi connectivity index (χ2v) is 3.30. The third-order valence-corrected chi connectivity index (χ3v) is 2.16. The molecule has 0 atom stereocenters. The number of hydrogen-bond acceptors (Lipinski definition) is 5. The zero-order valence-electron chi connectivity index (χ0n) is 9.53. The van der Waals surface area contributed by atoms with E-state index in [1.807, 2.05) is 0 Å². The summed E-state index contributed by atoms with van der Waals surface area (Å²) in [5.74, 6) is -0.470. The van der Waals surface area contributed by atoms with Gasteiger partial charge in [0, 0.05) is 18.5 Å². The van der Waals surface area contributed by atoms with Gasteiger partial charge in [0.05, 0.1) is 7.11 Å². The standard InChI is InChI=1S/C12H10N2O4/c1-17-8-3-4-9(11(15)16)10(7-8)18-12-13-5-2-6-14-12/h2-7H,1H3,(H,15,16). The van der Waals surface area contributed by atoms with E-state index in [9.17, 15) is 4.79 Å². The second kappa shape index (κ2) is 5.13. The van der Waals surface area contributed by atoms with Gasteiger partial charge in [-0.1, -0.05) is 0 Å². The fraction of sp³-hybridized carbons (Fsp3) is 0.0833. The van der Waals surface area contributed by atoms with Crippen molar-refractivity contribution < 1.29 is 19.4 Å². The predicted molar refractivity (Wildman–Crippen MR) is 62.1 cm³/mol. The average molecular weight is 246 g/mol. The maximum absolute atomic E-state index is 11.0. The van der Waals surface area contributed by atoms with Crippen LogP contribution in [-0.2, 0) is 0 Å². The van der Waals surface area contributed by atoms with Crippen molar-refractivity contribution in [3.63, 3.8) is 0 Å². The minimum Gasteiger partial charge on any atom is -0.497 e. The number of hydrogen-bond donors (Lipinski definition) is 1. The number of nitrogens with zero attached hydrogens (tertiary/aromatic N) is 2. The highest BCUT2D eigenvalue weighted by Crippen LogP contribution is 2.27. The monoisotopic (exact) mass is 246 g/mol. The van der Waals surface area contributed by atoms with Gasteiger partial charge in [-0.05, 0) is 18.2 Å². The van der Waals surface area contributed by atoms with Gasteiger partial charge in [-0.25, -0.2) is 14.8 Å². The zero-order chi connectivity index (χ0) is 13.0. The van der Waals surface area contributed by atoms with Crippen LogP contribution in [0.3, 0.4) is 0 Å². The molecule has 1 aromatic heterocycles. The maximum Gasteiger partial charge on any atom is 0.339 e. The maximum atomic E-state index is 11.0. The predicted octanol–water partition coefficient (Wildman–Crippen LogP) is 1.98. The van der Waals surface area contributed by atoms with Crippen LogP contribution in [0.1, 0.15) is 10.4 Å². The molecule has 0 radical (unpaired) electrons. The number of rotatable bonds is 4. The highest BCUT2D eigenvalue weighted by atomic mass is 16.5. The molecule has 0 saturated heterocycles. The lowest BCUT2D eigenvalue weighted by Crippen LogP contribution is -2.01. The van der Waals surface area contributed by atoms with Crippen LogP contribution < -0.4 is 9.47 Å². The van der Waals surface area contributed by atoms with Gasteiger partial charge in [-0.15, -0.1) is 0 Å². The van der Waals surface area contributed by atoms with Gasteiger partial charge in [0.2, 0.25) is 0 Å². The molecule has 0 aliphatic rings. The first-order valence-corrected chi connectivity index (χ1v) is 5.07. The first-order chi connectivity index (χ1) is 8.70. The summed E-state index contributed by atoms with van der Waals surface area (Å²) in [4.78, 5) is 18.8. The largest absolute Gasteiger partial charge is 0.497 e. The van der Waals surface area contributed by atoms with Crippen molar-refractivity contribution in [1.82, 2.24) is 9.97 Å². The SMILES string of the molecule is COc1ccc(C(=O)O)c(Oc2ncccn2)c1. The van der Waals surface area contributed by atoms with Crippen LogP contribution in [0.5, 0.6) is 17.5 Å². The third kappa shape index (κ3) is 2.54. The summed E-state index contributed by atoms with van der Waals surface area (Å²) in [5.41, 5.74) is 0.0169. The quantitative estimate of drug-likeness (QED) is 0.888. The van der Waals surface area contributed by atoms with Gasteiger partial charge in [0.25, 0.3) is 0 Å². The summed E-state index contributed by atoms with van der Waals surface area (Å²) in [6, 6.07) is 6.13. The summed E-state index contributed by atoms with van der Waals surface area (Å²) in [5, 5.41) is 9.05. The van der Waals surface area contributed by atoms with E-state index in [-0.39, 0.29) is 17.3 Å². The number of carboxylic acid groups (broad SMARTS) is 1. The second-order valence-electron chi connectivity index (χ2n) is 3.30. The van der Waals surface area contributed by atoms with E-state index in [1.54, 1.807) is 12.1 Å². The van der Waals surface area contributed by atoms with E-state index >= 15 is 0 Å². The van der Waals surface area contributed by atoms with E-state index in [0.29, 0.717) is 5.75 Å². The fourth-order valence-corrected chi connectivity index (χ4v) is 1.33. The Hall–Kier alpha value is -2.63. The van der Waals surface area contributed by atoms with Crippen molar-refractivity contribution in [3.05, 3.63) is 42.2 Å². The Morgan fingerprint density at radius 3 is 2.61 bits per heavy atom. The molecule has 1 heterocycles. The van der Waals surface area contributed by atoms with Gasteiger partial charge in [0.1, 0.15) is 17.1 Å². The lowest BCUT2D eigenvalue weighted by Gasteiger charge is -2.08. The Balaban J connectivity index is 2.38. The molecule has 0 saturated carbocycles. The summed E-state index contributed by atoms with van der Waals surface area (Å²) in [6.45, 7) is 0. The Kier molecular flexibility index (Phi) is 3.38. The summed E-state index contributed by atoms with van der Waals surface area (Å²) < 4.78 is 10.3. The van der Waals surface area contributed by atoms with Crippen molar-refractivity contribution >= 4 is 5.97 Å². The lowest BCUT2D eigenvalue weighted by molar-refractivity contribution is 0.0694. The van der Waals surface area contributed by atoms with Gasteiger partial charge < -0.3 is 14.6 Å². The molecule has 1 N–H and O–H groups in total. The van der Waals surface area contributed by atoms with Crippen molar-refractivity contribution in [2.45, 2.75) is 0 Å². The zero-order valence-corrected chi connectivity index (χ0v) is 9.53. The molecule has 0 amide bonds. The van der Waals surface area contributed by atoms with Crippen molar-refractivity contribution in [2.75, 3.05) is 7.11 Å². The molecule has 6 nitrogen and oxygen atoms in total. The number of methoxy groups -OCH3 is 1. The summed E-state index contributed by atoms with van der Waals surface area (Å²) in [7, 11) is 1.48. The number of ether oxygens (including phenoxy) is 2. The number of aromatic nitrogens is 2. The van der Waals surface area contributed by atoms with Gasteiger partial charge in [0.15, 0.2) is 0 Å². The number of carboxylic acids is 1. The Labute approximate surface area is 103 Å². The molecule has 2 aromatic rings. The highest BCUT2D eigenvalue weighted by molar-refractivity contribution is 5.91. The van der Waals surface area contributed by atoms with Gasteiger partial charge >= 0.3 is 12.0 Å². The first kappa shape index (κ1) is 11.8. The molecule has 18 heavy (non-hydrogen) atoms. The van der Waals surface area contributed by atoms with Gasteiger partial charge in [-0.2, -0.15) is 0 Å². The smallest absolute Gasteiger partial charge is 0.339 e. The molecule has 0 bridgehead atoms. The molecule has 1 aromatic carbocycles. The van der Waals surface area contributed by atoms with Crippen LogP contribution in [0.25, 0.3) is 0 Å². The third-order valence-electron chi connectivity index (χ3n) is 2.16. The van der Waals surface area contributed by atoms with E-state index in [0.717, 1.165) is 0 Å². The van der Waals surface area contributed by atoms with Crippen LogP contribution >= 0.6 is 0 Å². The molecule has 2 rings (SSSR count). The lowest BCUT2D eigenvalue weighted by atomic mass is 10.2. The van der Waals surface area contributed by atoms with Crippen molar-refractivity contribution in [2.24, 2.45) is 0 Å². The van der Waals surface area contributed by atoms with Crippen LogP contribution in [0.15, 0.2) is 36.7 Å². The number of aromatic carboxylic acids is 1. The molecule has 0 unspecified atom stereocenters. The average Bonchev–Trinajstić information content (AvgIpc) is 2.39. The molecule has 0 aliphatic heterocycles. The van der Waals surface area contributed by atoms with Crippen LogP contribution in [0.4, 0.5) is 0 Å². The van der Waals surface area contributed by atoms with Gasteiger partial charge in [-0.3, -0.25) is 0 Å². The first-order valence-electron chi connectivity index (χ1n) is 5.07. The minimum atomic E-state index is -1.09. The Morgan fingerprint density at radius 1 is 1.28 bits per heavy atom. The molecular formula is C12H10N2O4. The van der Waals surface area contributed by atoms with E-state index in [1.165, 1.54) is 31.6 Å². The normalized spacial score (nSPS) is 9.83. The highest BCUT2D eigenvalue weighted by Gasteiger charge is 2.14. The minimum absolute atomic E-state index is 0.0169. The summed E-state index contributed by atoms with van der Waals surface area (Å²) in [6.07, 6.45) is 3.01. The van der Waals surface area contributed by atoms with Crippen LogP contribution in [-0.4, -0.2) is 28.2 Å². The topological polar surface area (TPSA) is 81.5 Å². The Bertz CT molecular complexity index is 557.